The fourth-order valence-electron chi connectivity index (χ4n) is 8.93. The Bertz CT molecular complexity index is 2110. The Morgan fingerprint density at radius 3 is 2.52 bits per heavy atom. The molecule has 14 nitrogen and oxygen atoms in total. The van der Waals surface area contributed by atoms with Crippen molar-refractivity contribution in [3.05, 3.63) is 42.5 Å². The van der Waals surface area contributed by atoms with Gasteiger partial charge < -0.3 is 29.6 Å². The highest BCUT2D eigenvalue weighted by molar-refractivity contribution is 7.91. The monoisotopic (exact) mass is 820 g/mol. The van der Waals surface area contributed by atoms with E-state index < -0.39 is 74.0 Å². The third kappa shape index (κ3) is 8.55. The number of rotatable bonds is 9. The SMILES string of the molecule is C=C[C@@H]1C[C@]1(NC(=O)[C@@H]1C[C@@H]2CC1C(=O)[C@H](C(C)(C)C)NC(=O)O[C@@H]1CCCC[C@H]1C/C=C/c1cc3c(cc(OCC)nc3cc1OC)O2)C(=O)NS(=O)(=O)C1CC1. The molecule has 1 aromatic carbocycles. The van der Waals surface area contributed by atoms with Crippen molar-refractivity contribution >= 4 is 50.7 Å². The predicted octanol–water partition coefficient (Wildman–Crippen LogP) is 5.77. The maximum absolute atomic E-state index is 14.9. The first-order chi connectivity index (χ1) is 27.6. The Labute approximate surface area is 340 Å². The summed E-state index contributed by atoms with van der Waals surface area (Å²) in [6.07, 6.45) is 9.28. The quantitative estimate of drug-likeness (QED) is 0.261. The number of allylic oxidation sites excluding steroid dienone is 1. The molecular weight excluding hydrogens is 765 g/mol. The first-order valence-corrected chi connectivity index (χ1v) is 22.1. The van der Waals surface area contributed by atoms with E-state index in [2.05, 4.69) is 28.0 Å². The fraction of sp³-hybridized carbons (Fsp3) is 0.605. The van der Waals surface area contributed by atoms with Crippen LogP contribution in [-0.2, 0) is 29.1 Å². The molecule has 7 rings (SSSR count). The third-order valence-electron chi connectivity index (χ3n) is 12.4. The van der Waals surface area contributed by atoms with Crippen LogP contribution in [0.25, 0.3) is 17.0 Å². The van der Waals surface area contributed by atoms with E-state index in [-0.39, 0.29) is 37.1 Å². The molecule has 4 fully saturated rings. The molecule has 8 atom stereocenters. The molecule has 3 N–H and O–H groups in total. The van der Waals surface area contributed by atoms with Crippen LogP contribution in [0.1, 0.15) is 97.5 Å². The molecule has 3 amide bonds. The number of amides is 3. The number of benzene rings is 1. The van der Waals surface area contributed by atoms with Crippen LogP contribution in [0, 0.1) is 29.1 Å². The summed E-state index contributed by atoms with van der Waals surface area (Å²) in [5, 5.41) is 5.80. The van der Waals surface area contributed by atoms with E-state index in [4.69, 9.17) is 23.9 Å². The molecule has 2 aromatic rings. The van der Waals surface area contributed by atoms with Gasteiger partial charge in [-0.05, 0) is 82.1 Å². The molecule has 5 aliphatic rings. The number of carbonyl (C=O) groups excluding carboxylic acids is 4. The average Bonchev–Trinajstić information content (AvgIpc) is 4.10. The zero-order valence-electron chi connectivity index (χ0n) is 34.0. The number of nitrogens with zero attached hydrogens (tertiary/aromatic N) is 1. The molecule has 4 saturated carbocycles. The smallest absolute Gasteiger partial charge is 0.408 e. The lowest BCUT2D eigenvalue weighted by Crippen LogP contribution is -2.56. The summed E-state index contributed by atoms with van der Waals surface area (Å²) in [5.74, 6) is -2.82. The van der Waals surface area contributed by atoms with Gasteiger partial charge >= 0.3 is 6.09 Å². The van der Waals surface area contributed by atoms with Gasteiger partial charge in [-0.1, -0.05) is 45.4 Å². The molecule has 4 aliphatic carbocycles. The predicted molar refractivity (Wildman–Crippen MR) is 217 cm³/mol. The molecular formula is C43H56N4O10S. The van der Waals surface area contributed by atoms with Gasteiger partial charge in [0.05, 0.1) is 36.4 Å². The number of nitrogens with one attached hydrogen (secondary N) is 3. The van der Waals surface area contributed by atoms with Crippen LogP contribution in [0.4, 0.5) is 4.79 Å². The van der Waals surface area contributed by atoms with E-state index in [1.54, 1.807) is 13.2 Å². The number of hydrogen-bond acceptors (Lipinski definition) is 11. The second kappa shape index (κ2) is 16.2. The normalized spacial score (nSPS) is 30.7. The molecule has 58 heavy (non-hydrogen) atoms. The van der Waals surface area contributed by atoms with Gasteiger partial charge in [0.1, 0.15) is 29.2 Å². The number of alkyl carbamates (subject to hydrolysis) is 1. The number of pyridine rings is 1. The zero-order chi connectivity index (χ0) is 41.6. The first-order valence-electron chi connectivity index (χ1n) is 20.6. The van der Waals surface area contributed by atoms with Crippen LogP contribution in [0.15, 0.2) is 36.9 Å². The van der Waals surface area contributed by atoms with Crippen molar-refractivity contribution in [3.63, 3.8) is 0 Å². The number of ether oxygens (including phenoxy) is 4. The number of carbonyl (C=O) groups is 4. The van der Waals surface area contributed by atoms with Crippen LogP contribution in [0.2, 0.25) is 0 Å². The van der Waals surface area contributed by atoms with E-state index >= 15 is 0 Å². The van der Waals surface area contributed by atoms with Crippen molar-refractivity contribution in [1.29, 1.82) is 0 Å². The van der Waals surface area contributed by atoms with E-state index in [0.29, 0.717) is 60.6 Å². The summed E-state index contributed by atoms with van der Waals surface area (Å²) in [4.78, 5) is 61.5. The lowest BCUT2D eigenvalue weighted by atomic mass is 9.77. The Balaban J connectivity index is 1.28. The van der Waals surface area contributed by atoms with Crippen LogP contribution < -0.4 is 29.6 Å². The number of aromatic nitrogens is 1. The van der Waals surface area contributed by atoms with Crippen LogP contribution >= 0.6 is 0 Å². The van der Waals surface area contributed by atoms with Gasteiger partial charge in [-0.15, -0.1) is 6.58 Å². The summed E-state index contributed by atoms with van der Waals surface area (Å²) in [5.41, 5.74) is -0.967. The Kier molecular flexibility index (Phi) is 11.6. The highest BCUT2D eigenvalue weighted by Gasteiger charge is 2.62. The van der Waals surface area contributed by atoms with E-state index in [1.165, 1.54) is 6.08 Å². The van der Waals surface area contributed by atoms with E-state index in [9.17, 15) is 27.6 Å². The summed E-state index contributed by atoms with van der Waals surface area (Å²) >= 11 is 0. The molecule has 0 saturated heterocycles. The Morgan fingerprint density at radius 2 is 1.84 bits per heavy atom. The number of hydrogen-bond donors (Lipinski definition) is 3. The van der Waals surface area contributed by atoms with Crippen molar-refractivity contribution in [1.82, 2.24) is 20.3 Å². The maximum atomic E-state index is 14.9. The molecule has 0 spiro atoms. The lowest BCUT2D eigenvalue weighted by Gasteiger charge is -2.35. The fourth-order valence-corrected chi connectivity index (χ4v) is 10.3. The average molecular weight is 821 g/mol. The zero-order valence-corrected chi connectivity index (χ0v) is 34.8. The number of methoxy groups -OCH3 is 1. The summed E-state index contributed by atoms with van der Waals surface area (Å²) < 4.78 is 52.3. The van der Waals surface area contributed by atoms with Gasteiger partial charge in [0.2, 0.25) is 21.8 Å². The minimum Gasteiger partial charge on any atom is -0.496 e. The van der Waals surface area contributed by atoms with Gasteiger partial charge in [0, 0.05) is 34.9 Å². The second-order valence-electron chi connectivity index (χ2n) is 17.6. The molecule has 1 unspecified atom stereocenters. The molecule has 4 bridgehead atoms. The Hall–Kier alpha value is -4.66. The number of fused-ring (bicyclic) bond motifs is 4. The minimum absolute atomic E-state index is 0.0634. The van der Waals surface area contributed by atoms with Crippen LogP contribution in [-0.4, -0.2) is 79.8 Å². The van der Waals surface area contributed by atoms with Gasteiger partial charge in [0.25, 0.3) is 5.91 Å². The molecule has 1 aliphatic heterocycles. The van der Waals surface area contributed by atoms with E-state index in [1.807, 2.05) is 45.9 Å². The molecule has 15 heteroatoms. The summed E-state index contributed by atoms with van der Waals surface area (Å²) in [6, 6.07) is 4.43. The third-order valence-corrected chi connectivity index (χ3v) is 14.2. The molecule has 1 aromatic heterocycles. The van der Waals surface area contributed by atoms with Gasteiger partial charge in [0.15, 0.2) is 5.78 Å². The molecule has 2 heterocycles. The number of sulfonamides is 1. The first kappa shape index (κ1) is 41.5. The maximum Gasteiger partial charge on any atom is 0.408 e. The van der Waals surface area contributed by atoms with Gasteiger partial charge in [-0.25, -0.2) is 18.2 Å². The van der Waals surface area contributed by atoms with Crippen molar-refractivity contribution in [3.8, 4) is 17.4 Å². The highest BCUT2D eigenvalue weighted by Crippen LogP contribution is 2.47. The summed E-state index contributed by atoms with van der Waals surface area (Å²) in [7, 11) is -2.32. The molecule has 314 valence electrons. The standard InChI is InChI=1S/C43H56N4O10S/c1-7-26-23-43(26,40(50)47-58(52,53)28-16-17-28)46-39(49)30-20-27-19-29(30)37(48)38(42(3,4)5)45-41(51)57-33-15-10-9-12-24(33)13-11-14-25-18-31-32(21-34(25)54-6)44-36(55-8-2)22-35(31)56-27/h7,11,14,18,21-22,24,26-30,33,38H,1,8-10,12-13,15-17,19-20,23H2,2-6H3,(H,45,51)(H,46,49)(H,47,50)/b14-11+/t24-,26+,27-,29?,30+,33+,38+,43+/m0/s1. The topological polar surface area (TPSA) is 188 Å². The van der Waals surface area contributed by atoms with E-state index in [0.717, 1.165) is 24.8 Å². The van der Waals surface area contributed by atoms with Crippen molar-refractivity contribution in [2.45, 2.75) is 121 Å². The van der Waals surface area contributed by atoms with Crippen molar-refractivity contribution < 1.29 is 46.5 Å². The summed E-state index contributed by atoms with van der Waals surface area (Å²) in [6.45, 7) is 11.6. The Morgan fingerprint density at radius 1 is 1.09 bits per heavy atom. The minimum atomic E-state index is -3.91. The van der Waals surface area contributed by atoms with Gasteiger partial charge in [-0.3, -0.25) is 19.1 Å². The largest absolute Gasteiger partial charge is 0.496 e. The van der Waals surface area contributed by atoms with Crippen LogP contribution in [0.5, 0.6) is 17.4 Å². The van der Waals surface area contributed by atoms with Crippen molar-refractivity contribution in [2.75, 3.05) is 13.7 Å². The lowest BCUT2D eigenvalue weighted by molar-refractivity contribution is -0.137. The van der Waals surface area contributed by atoms with Crippen LogP contribution in [0.3, 0.4) is 0 Å². The van der Waals surface area contributed by atoms with Gasteiger partial charge in [-0.2, -0.15) is 0 Å². The number of Topliss-reactive ketones (excluding diaryl/α,β-unsaturated/α-hetero) is 1. The second-order valence-corrected chi connectivity index (χ2v) is 19.5. The highest BCUT2D eigenvalue weighted by atomic mass is 32.2. The molecule has 0 radical (unpaired) electrons. The van der Waals surface area contributed by atoms with Crippen molar-refractivity contribution in [2.24, 2.45) is 29.1 Å². The number of ketones is 1.